The largest absolute Gasteiger partial charge is 0.486 e. The minimum Gasteiger partial charge on any atom is -0.486 e. The van der Waals surface area contributed by atoms with E-state index >= 15 is 8.78 Å². The molecule has 4 rings (SSSR count). The molecule has 2 saturated carbocycles. The van der Waals surface area contributed by atoms with E-state index < -0.39 is 23.4 Å². The monoisotopic (exact) mass is 484 g/mol. The summed E-state index contributed by atoms with van der Waals surface area (Å²) in [5.74, 6) is -1.75. The van der Waals surface area contributed by atoms with Crippen LogP contribution in [0, 0.1) is 35.2 Å². The Kier molecular flexibility index (Phi) is 7.99. The Morgan fingerprint density at radius 3 is 2.40 bits per heavy atom. The number of hydrogen-bond acceptors (Lipinski definition) is 3. The zero-order chi connectivity index (χ0) is 24.9. The molecule has 186 valence electrons. The quantitative estimate of drug-likeness (QED) is 0.229. The standard InChI is InChI=1S/C29H31F3O3/c1-3-5-18-6-7-20-14-21(9-8-19(20)13-18)28-25(31)15-22(16-26(28)32)29(33)35-23-10-11-27(24(30)17-23)34-12-4-2/h3-5,10-11,15-21H,2,6-9,12-14H2,1H3/b5-3+. The summed E-state index contributed by atoms with van der Waals surface area (Å²) >= 11 is 0. The molecule has 0 spiro atoms. The molecule has 0 aromatic heterocycles. The van der Waals surface area contributed by atoms with Gasteiger partial charge in [-0.1, -0.05) is 24.8 Å². The SMILES string of the molecule is C=CCOc1ccc(OC(=O)c2cc(F)c(C3CCC4CC(/C=C/C)CCC4C3)c(F)c2)cc1F. The van der Waals surface area contributed by atoms with Crippen LogP contribution in [-0.4, -0.2) is 12.6 Å². The molecular weight excluding hydrogens is 453 g/mol. The lowest BCUT2D eigenvalue weighted by Crippen LogP contribution is -2.30. The van der Waals surface area contributed by atoms with Crippen molar-refractivity contribution < 1.29 is 27.4 Å². The van der Waals surface area contributed by atoms with E-state index in [1.807, 2.05) is 6.92 Å². The zero-order valence-corrected chi connectivity index (χ0v) is 19.9. The lowest BCUT2D eigenvalue weighted by molar-refractivity contribution is 0.0732. The van der Waals surface area contributed by atoms with Gasteiger partial charge in [-0.15, -0.1) is 0 Å². The van der Waals surface area contributed by atoms with Crippen LogP contribution in [0.15, 0.2) is 55.1 Å². The predicted molar refractivity (Wildman–Crippen MR) is 129 cm³/mol. The lowest BCUT2D eigenvalue weighted by atomic mass is 9.63. The highest BCUT2D eigenvalue weighted by molar-refractivity contribution is 5.91. The topological polar surface area (TPSA) is 35.5 Å². The number of carbonyl (C=O) groups excluding carboxylic acids is 1. The average Bonchev–Trinajstić information content (AvgIpc) is 2.83. The molecular formula is C29H31F3O3. The van der Waals surface area contributed by atoms with E-state index in [4.69, 9.17) is 9.47 Å². The Morgan fingerprint density at radius 1 is 1.00 bits per heavy atom. The van der Waals surface area contributed by atoms with E-state index in [9.17, 15) is 9.18 Å². The molecule has 0 heterocycles. The van der Waals surface area contributed by atoms with Gasteiger partial charge < -0.3 is 9.47 Å². The van der Waals surface area contributed by atoms with E-state index in [1.54, 1.807) is 0 Å². The summed E-state index contributed by atoms with van der Waals surface area (Å²) in [4.78, 5) is 12.5. The summed E-state index contributed by atoms with van der Waals surface area (Å²) in [5.41, 5.74) is -0.193. The van der Waals surface area contributed by atoms with Gasteiger partial charge in [-0.25, -0.2) is 18.0 Å². The van der Waals surface area contributed by atoms with Crippen LogP contribution in [-0.2, 0) is 0 Å². The molecule has 4 atom stereocenters. The van der Waals surface area contributed by atoms with Gasteiger partial charge in [-0.2, -0.15) is 0 Å². The van der Waals surface area contributed by atoms with Gasteiger partial charge >= 0.3 is 5.97 Å². The second kappa shape index (κ2) is 11.1. The van der Waals surface area contributed by atoms with E-state index in [0.29, 0.717) is 17.8 Å². The molecule has 0 bridgehead atoms. The summed E-state index contributed by atoms with van der Waals surface area (Å²) < 4.78 is 54.6. The first-order chi connectivity index (χ1) is 16.9. The van der Waals surface area contributed by atoms with Crippen molar-refractivity contribution in [1.29, 1.82) is 0 Å². The average molecular weight is 485 g/mol. The van der Waals surface area contributed by atoms with Crippen molar-refractivity contribution >= 4 is 5.97 Å². The number of allylic oxidation sites excluding steroid dienone is 2. The van der Waals surface area contributed by atoms with E-state index in [-0.39, 0.29) is 35.2 Å². The number of fused-ring (bicyclic) bond motifs is 1. The molecule has 6 heteroatoms. The van der Waals surface area contributed by atoms with Crippen molar-refractivity contribution in [3.8, 4) is 11.5 Å². The number of ether oxygens (including phenoxy) is 2. The Hall–Kier alpha value is -3.02. The normalized spacial score (nSPS) is 24.1. The van der Waals surface area contributed by atoms with Crippen molar-refractivity contribution in [2.24, 2.45) is 17.8 Å². The molecule has 0 N–H and O–H groups in total. The van der Waals surface area contributed by atoms with Crippen LogP contribution in [0.4, 0.5) is 13.2 Å². The molecule has 35 heavy (non-hydrogen) atoms. The Morgan fingerprint density at radius 2 is 1.71 bits per heavy atom. The van der Waals surface area contributed by atoms with Crippen LogP contribution in [0.1, 0.15) is 67.3 Å². The van der Waals surface area contributed by atoms with Crippen molar-refractivity contribution in [3.05, 3.63) is 83.7 Å². The fourth-order valence-electron chi connectivity index (χ4n) is 5.70. The van der Waals surface area contributed by atoms with E-state index in [2.05, 4.69) is 18.7 Å². The van der Waals surface area contributed by atoms with Gasteiger partial charge in [0.15, 0.2) is 11.6 Å². The highest BCUT2D eigenvalue weighted by Gasteiger charge is 2.37. The minimum atomic E-state index is -0.959. The highest BCUT2D eigenvalue weighted by atomic mass is 19.1. The number of esters is 1. The van der Waals surface area contributed by atoms with Gasteiger partial charge in [-0.3, -0.25) is 0 Å². The van der Waals surface area contributed by atoms with Gasteiger partial charge in [0, 0.05) is 11.6 Å². The number of benzene rings is 2. The van der Waals surface area contributed by atoms with Gasteiger partial charge in [0.25, 0.3) is 0 Å². The first-order valence-corrected chi connectivity index (χ1v) is 12.3. The summed E-state index contributed by atoms with van der Waals surface area (Å²) in [7, 11) is 0. The summed E-state index contributed by atoms with van der Waals surface area (Å²) in [6.45, 7) is 5.66. The van der Waals surface area contributed by atoms with Crippen LogP contribution in [0.2, 0.25) is 0 Å². The molecule has 2 aliphatic carbocycles. The number of hydrogen-bond donors (Lipinski definition) is 0. The minimum absolute atomic E-state index is 0.0174. The maximum absolute atomic E-state index is 15.1. The zero-order valence-electron chi connectivity index (χ0n) is 19.9. The van der Waals surface area contributed by atoms with Crippen LogP contribution >= 0.6 is 0 Å². The summed E-state index contributed by atoms with van der Waals surface area (Å²) in [6, 6.07) is 5.69. The number of carbonyl (C=O) groups is 1. The Bertz CT molecular complexity index is 1090. The summed E-state index contributed by atoms with van der Waals surface area (Å²) in [5, 5.41) is 0. The first kappa shape index (κ1) is 25.1. The fourth-order valence-corrected chi connectivity index (χ4v) is 5.70. The molecule has 2 aromatic rings. The smallest absolute Gasteiger partial charge is 0.343 e. The second-order valence-electron chi connectivity index (χ2n) is 9.56. The van der Waals surface area contributed by atoms with Gasteiger partial charge in [0.2, 0.25) is 0 Å². The third kappa shape index (κ3) is 5.80. The number of halogens is 3. The van der Waals surface area contributed by atoms with Crippen LogP contribution < -0.4 is 9.47 Å². The van der Waals surface area contributed by atoms with Gasteiger partial charge in [-0.05, 0) is 93.4 Å². The predicted octanol–water partition coefficient (Wildman–Crippen LogP) is 7.76. The van der Waals surface area contributed by atoms with Gasteiger partial charge in [0.1, 0.15) is 24.0 Å². The molecule has 0 amide bonds. The molecule has 0 aliphatic heterocycles. The van der Waals surface area contributed by atoms with Crippen LogP contribution in [0.3, 0.4) is 0 Å². The molecule has 3 nitrogen and oxygen atoms in total. The van der Waals surface area contributed by atoms with Crippen molar-refractivity contribution in [3.63, 3.8) is 0 Å². The van der Waals surface area contributed by atoms with Crippen molar-refractivity contribution in [1.82, 2.24) is 0 Å². The first-order valence-electron chi connectivity index (χ1n) is 12.3. The maximum atomic E-state index is 15.1. The number of rotatable bonds is 7. The highest BCUT2D eigenvalue weighted by Crippen LogP contribution is 2.48. The van der Waals surface area contributed by atoms with Crippen LogP contribution in [0.25, 0.3) is 0 Å². The Labute approximate surface area is 204 Å². The van der Waals surface area contributed by atoms with Crippen LogP contribution in [0.5, 0.6) is 11.5 Å². The summed E-state index contributed by atoms with van der Waals surface area (Å²) in [6.07, 6.45) is 11.7. The lowest BCUT2D eigenvalue weighted by Gasteiger charge is -2.42. The van der Waals surface area contributed by atoms with E-state index in [1.165, 1.54) is 18.2 Å². The van der Waals surface area contributed by atoms with Crippen molar-refractivity contribution in [2.45, 2.75) is 51.4 Å². The molecule has 2 aromatic carbocycles. The molecule has 2 aliphatic rings. The molecule has 0 saturated heterocycles. The molecule has 0 radical (unpaired) electrons. The molecule has 4 unspecified atom stereocenters. The third-order valence-electron chi connectivity index (χ3n) is 7.31. The third-order valence-corrected chi connectivity index (χ3v) is 7.31. The second-order valence-corrected chi connectivity index (χ2v) is 9.56. The van der Waals surface area contributed by atoms with E-state index in [0.717, 1.165) is 56.7 Å². The molecule has 2 fully saturated rings. The Balaban J connectivity index is 1.44. The fraction of sp³-hybridized carbons (Fsp3) is 0.414. The van der Waals surface area contributed by atoms with Crippen molar-refractivity contribution in [2.75, 3.05) is 6.61 Å². The van der Waals surface area contributed by atoms with Gasteiger partial charge in [0.05, 0.1) is 5.56 Å². The maximum Gasteiger partial charge on any atom is 0.343 e.